The van der Waals surface area contributed by atoms with Crippen molar-refractivity contribution < 1.29 is 14.4 Å². The number of para-hydroxylation sites is 1. The van der Waals surface area contributed by atoms with Gasteiger partial charge in [0, 0.05) is 22.5 Å². The molecule has 1 amide bonds. The largest absolute Gasteiger partial charge is 0.358 e. The van der Waals surface area contributed by atoms with Gasteiger partial charge in [-0.3, -0.25) is 14.4 Å². The second kappa shape index (κ2) is 8.91. The molecule has 3 aliphatic rings. The third-order valence-electron chi connectivity index (χ3n) is 8.08. The molecule has 1 fully saturated rings. The lowest BCUT2D eigenvalue weighted by atomic mass is 9.63. The van der Waals surface area contributed by atoms with Gasteiger partial charge >= 0.3 is 0 Å². The van der Waals surface area contributed by atoms with Crippen LogP contribution in [-0.2, 0) is 10.2 Å². The summed E-state index contributed by atoms with van der Waals surface area (Å²) in [5.41, 5.74) is 2.07. The average Bonchev–Trinajstić information content (AvgIpc) is 3.65. The van der Waals surface area contributed by atoms with E-state index in [1.807, 2.05) is 71.1 Å². The standard InChI is InChI=1S/C31H20Cl2N2O3S/c32-18-11-12-20(22(33)16-18)27(36)26-25(28(37)24-10-5-15-39-24)31(21-8-3-4-9-23(21)34-30(31)38)29-19-7-2-1-6-17(19)13-14-35(26)29/h1-16,25-26,29H,(H,34,38). The fraction of sp³-hybridized carbons (Fsp3) is 0.129. The highest BCUT2D eigenvalue weighted by Gasteiger charge is 2.70. The number of anilines is 1. The van der Waals surface area contributed by atoms with E-state index in [9.17, 15) is 14.4 Å². The molecular weight excluding hydrogens is 551 g/mol. The third-order valence-corrected chi connectivity index (χ3v) is 9.51. The second-order valence-corrected chi connectivity index (χ2v) is 11.7. The minimum Gasteiger partial charge on any atom is -0.358 e. The van der Waals surface area contributed by atoms with Crippen molar-refractivity contribution in [3.05, 3.63) is 128 Å². The molecule has 5 nitrogen and oxygen atoms in total. The van der Waals surface area contributed by atoms with E-state index >= 15 is 0 Å². The number of thiophene rings is 1. The highest BCUT2D eigenvalue weighted by molar-refractivity contribution is 7.12. The Morgan fingerprint density at radius 2 is 1.72 bits per heavy atom. The molecule has 4 unspecified atom stereocenters. The van der Waals surface area contributed by atoms with Gasteiger partial charge in [0.1, 0.15) is 11.5 Å². The molecule has 4 heterocycles. The summed E-state index contributed by atoms with van der Waals surface area (Å²) in [6.45, 7) is 0. The molecule has 3 aliphatic heterocycles. The number of hydrogen-bond donors (Lipinski definition) is 1. The summed E-state index contributed by atoms with van der Waals surface area (Å²) in [5, 5.41) is 5.48. The first-order chi connectivity index (χ1) is 18.9. The summed E-state index contributed by atoms with van der Waals surface area (Å²) in [7, 11) is 0. The molecule has 3 aromatic carbocycles. The van der Waals surface area contributed by atoms with Crippen LogP contribution in [0.2, 0.25) is 10.0 Å². The van der Waals surface area contributed by atoms with Crippen molar-refractivity contribution in [2.24, 2.45) is 5.92 Å². The number of carbonyl (C=O) groups excluding carboxylic acids is 3. The number of Topliss-reactive ketones (excluding diaryl/α,β-unsaturated/α-hetero) is 2. The summed E-state index contributed by atoms with van der Waals surface area (Å²) < 4.78 is 0. The molecule has 1 N–H and O–H groups in total. The van der Waals surface area contributed by atoms with Crippen LogP contribution in [0.25, 0.3) is 6.08 Å². The molecule has 4 atom stereocenters. The molecule has 0 aliphatic carbocycles. The maximum Gasteiger partial charge on any atom is 0.238 e. The Bertz CT molecular complexity index is 1720. The summed E-state index contributed by atoms with van der Waals surface area (Å²) in [6, 6.07) is 21.9. The molecule has 0 bridgehead atoms. The maximum atomic E-state index is 14.5. The first kappa shape index (κ1) is 24.3. The Kier molecular flexibility index (Phi) is 5.56. The van der Waals surface area contributed by atoms with Crippen LogP contribution in [0.1, 0.15) is 42.8 Å². The fourth-order valence-corrected chi connectivity index (χ4v) is 7.79. The lowest BCUT2D eigenvalue weighted by molar-refractivity contribution is -0.122. The smallest absolute Gasteiger partial charge is 0.238 e. The number of amides is 1. The number of halogens is 2. The van der Waals surface area contributed by atoms with Crippen LogP contribution < -0.4 is 5.32 Å². The van der Waals surface area contributed by atoms with Crippen molar-refractivity contribution >= 4 is 63.8 Å². The molecule has 4 aromatic rings. The van der Waals surface area contributed by atoms with Gasteiger partial charge in [0.2, 0.25) is 5.91 Å². The number of nitrogens with zero attached hydrogens (tertiary/aromatic N) is 1. The zero-order chi connectivity index (χ0) is 26.9. The Morgan fingerprint density at radius 1 is 0.923 bits per heavy atom. The van der Waals surface area contributed by atoms with E-state index in [1.54, 1.807) is 24.3 Å². The van der Waals surface area contributed by atoms with Gasteiger partial charge in [-0.1, -0.05) is 71.7 Å². The van der Waals surface area contributed by atoms with E-state index in [0.717, 1.165) is 11.1 Å². The predicted molar refractivity (Wildman–Crippen MR) is 154 cm³/mol. The van der Waals surface area contributed by atoms with E-state index in [0.29, 0.717) is 21.2 Å². The van der Waals surface area contributed by atoms with E-state index < -0.39 is 23.4 Å². The van der Waals surface area contributed by atoms with Crippen molar-refractivity contribution in [3.8, 4) is 0 Å². The summed E-state index contributed by atoms with van der Waals surface area (Å²) in [5.74, 6) is -1.91. The Balaban J connectivity index is 1.55. The molecule has 1 spiro atoms. The molecule has 1 saturated heterocycles. The second-order valence-electron chi connectivity index (χ2n) is 9.92. The average molecular weight is 571 g/mol. The van der Waals surface area contributed by atoms with Crippen molar-refractivity contribution in [2.45, 2.75) is 17.5 Å². The number of ketones is 2. The normalized spacial score (nSPS) is 24.3. The number of nitrogens with one attached hydrogen (secondary N) is 1. The lowest BCUT2D eigenvalue weighted by Crippen LogP contribution is -2.49. The molecule has 1 aromatic heterocycles. The van der Waals surface area contributed by atoms with Crippen LogP contribution in [0.4, 0.5) is 5.69 Å². The van der Waals surface area contributed by atoms with Gasteiger partial charge in [0.15, 0.2) is 11.6 Å². The number of benzene rings is 3. The van der Waals surface area contributed by atoms with Gasteiger partial charge in [-0.2, -0.15) is 0 Å². The van der Waals surface area contributed by atoms with Crippen LogP contribution in [0.3, 0.4) is 0 Å². The number of rotatable bonds is 4. The summed E-state index contributed by atoms with van der Waals surface area (Å²) in [4.78, 5) is 45.8. The zero-order valence-corrected chi connectivity index (χ0v) is 22.6. The molecule has 7 rings (SSSR count). The van der Waals surface area contributed by atoms with Crippen LogP contribution in [-0.4, -0.2) is 28.4 Å². The fourth-order valence-electron chi connectivity index (χ4n) is 6.59. The number of carbonyl (C=O) groups is 3. The molecular formula is C31H20Cl2N2O3S. The van der Waals surface area contributed by atoms with Crippen molar-refractivity contribution in [1.82, 2.24) is 4.90 Å². The quantitative estimate of drug-likeness (QED) is 0.267. The lowest BCUT2D eigenvalue weighted by Gasteiger charge is -2.38. The van der Waals surface area contributed by atoms with Gasteiger partial charge in [0.05, 0.1) is 21.9 Å². The molecule has 8 heteroatoms. The Hall–Kier alpha value is -3.71. The Labute approximate surface area is 238 Å². The van der Waals surface area contributed by atoms with Crippen LogP contribution in [0.5, 0.6) is 0 Å². The Morgan fingerprint density at radius 3 is 2.51 bits per heavy atom. The van der Waals surface area contributed by atoms with Gasteiger partial charge in [-0.05, 0) is 58.5 Å². The third kappa shape index (κ3) is 3.35. The highest BCUT2D eigenvalue weighted by Crippen LogP contribution is 2.62. The first-order valence-electron chi connectivity index (χ1n) is 12.5. The van der Waals surface area contributed by atoms with Crippen molar-refractivity contribution in [2.75, 3.05) is 5.32 Å². The molecule has 0 radical (unpaired) electrons. The summed E-state index contributed by atoms with van der Waals surface area (Å²) >= 11 is 14.0. The van der Waals surface area contributed by atoms with Crippen LogP contribution in [0, 0.1) is 5.92 Å². The predicted octanol–water partition coefficient (Wildman–Crippen LogP) is 7.04. The minimum absolute atomic E-state index is 0.199. The van der Waals surface area contributed by atoms with Crippen molar-refractivity contribution in [1.29, 1.82) is 0 Å². The highest BCUT2D eigenvalue weighted by atomic mass is 35.5. The van der Waals surface area contributed by atoms with E-state index in [1.165, 1.54) is 17.4 Å². The van der Waals surface area contributed by atoms with Crippen LogP contribution in [0.15, 0.2) is 90.4 Å². The zero-order valence-electron chi connectivity index (χ0n) is 20.3. The van der Waals surface area contributed by atoms with E-state index in [2.05, 4.69) is 5.32 Å². The minimum atomic E-state index is -1.36. The number of fused-ring (bicyclic) bond motifs is 6. The summed E-state index contributed by atoms with van der Waals surface area (Å²) in [6.07, 6.45) is 3.77. The topological polar surface area (TPSA) is 66.5 Å². The van der Waals surface area contributed by atoms with E-state index in [-0.39, 0.29) is 28.1 Å². The van der Waals surface area contributed by atoms with Gasteiger partial charge in [-0.25, -0.2) is 0 Å². The monoisotopic (exact) mass is 570 g/mol. The van der Waals surface area contributed by atoms with Crippen LogP contribution >= 0.6 is 34.5 Å². The van der Waals surface area contributed by atoms with Gasteiger partial charge in [-0.15, -0.1) is 11.3 Å². The number of hydrogen-bond acceptors (Lipinski definition) is 5. The van der Waals surface area contributed by atoms with E-state index in [4.69, 9.17) is 23.2 Å². The molecule has 0 saturated carbocycles. The first-order valence-corrected chi connectivity index (χ1v) is 14.1. The van der Waals surface area contributed by atoms with Gasteiger partial charge < -0.3 is 10.2 Å². The van der Waals surface area contributed by atoms with Crippen molar-refractivity contribution in [3.63, 3.8) is 0 Å². The molecule has 192 valence electrons. The molecule has 39 heavy (non-hydrogen) atoms. The van der Waals surface area contributed by atoms with Gasteiger partial charge in [0.25, 0.3) is 0 Å². The SMILES string of the molecule is O=C(c1ccc(Cl)cc1Cl)C1C(C(=O)c2cccs2)C2(C(=O)Nc3ccccc32)C2c3ccccc3C=CN12. The maximum absolute atomic E-state index is 14.5.